The molecule has 0 saturated heterocycles. The normalized spacial score (nSPS) is 14.2. The maximum Gasteiger partial charge on any atom is 0.407 e. The summed E-state index contributed by atoms with van der Waals surface area (Å²) in [6.07, 6.45) is 12.5. The number of anilines is 1. The van der Waals surface area contributed by atoms with E-state index in [4.69, 9.17) is 21.1 Å². The van der Waals surface area contributed by atoms with Gasteiger partial charge in [0, 0.05) is 62.0 Å². The molecule has 0 bridgehead atoms. The SMILES string of the molecule is CCCCCNC(=O)CCCCC(=O)N1Cc2ccccc2/C(N)=C(/N(N)CCCCC(NC(=O)OCC2c3ccccc3-c3ccccc32)C(=O)NCCCCCCOC(=O)CCC(=O)NC(CC)CCCC)c2ccccc21. The van der Waals surface area contributed by atoms with Crippen LogP contribution in [0.25, 0.3) is 22.5 Å². The minimum atomic E-state index is -0.902. The number of ether oxygens (including phenoxy) is 2. The lowest BCUT2D eigenvalue weighted by Gasteiger charge is -2.33. The zero-order valence-electron chi connectivity index (χ0n) is 47.7. The van der Waals surface area contributed by atoms with Crippen molar-refractivity contribution in [3.63, 3.8) is 0 Å². The summed E-state index contributed by atoms with van der Waals surface area (Å²) in [5, 5.41) is 13.5. The molecule has 8 N–H and O–H groups in total. The second kappa shape index (κ2) is 33.4. The number of hydrogen-bond acceptors (Lipinski definition) is 11. The maximum atomic E-state index is 14.2. The van der Waals surface area contributed by atoms with E-state index >= 15 is 0 Å². The Bertz CT molecular complexity index is 2650. The van der Waals surface area contributed by atoms with Crippen LogP contribution in [0.5, 0.6) is 0 Å². The predicted octanol–water partition coefficient (Wildman–Crippen LogP) is 10.5. The molecule has 0 radical (unpaired) electrons. The molecule has 2 atom stereocenters. The summed E-state index contributed by atoms with van der Waals surface area (Å²) in [4.78, 5) is 80.7. The van der Waals surface area contributed by atoms with Gasteiger partial charge in [0.15, 0.2) is 0 Å². The summed E-state index contributed by atoms with van der Waals surface area (Å²) < 4.78 is 11.3. The predicted molar refractivity (Wildman–Crippen MR) is 316 cm³/mol. The monoisotopic (exact) mass is 1100 g/mol. The number of hydrazine groups is 1. The molecule has 1 aliphatic heterocycles. The number of rotatable bonds is 34. The highest BCUT2D eigenvalue weighted by Crippen LogP contribution is 2.44. The van der Waals surface area contributed by atoms with Crippen LogP contribution in [0.15, 0.2) is 97.1 Å². The molecule has 0 fully saturated rings. The van der Waals surface area contributed by atoms with Crippen LogP contribution in [0.3, 0.4) is 0 Å². The molecular formula is C64H88N8O8. The number of carbonyl (C=O) groups is 6. The molecule has 5 amide bonds. The number of fused-ring (bicyclic) bond motifs is 5. The van der Waals surface area contributed by atoms with Gasteiger partial charge in [0.2, 0.25) is 23.6 Å². The molecule has 4 aromatic carbocycles. The van der Waals surface area contributed by atoms with Crippen molar-refractivity contribution >= 4 is 52.8 Å². The van der Waals surface area contributed by atoms with E-state index < -0.39 is 12.1 Å². The number of benzene rings is 4. The second-order valence-corrected chi connectivity index (χ2v) is 21.1. The zero-order valence-corrected chi connectivity index (χ0v) is 47.7. The number of amides is 5. The summed E-state index contributed by atoms with van der Waals surface area (Å²) in [6, 6.07) is 30.8. The van der Waals surface area contributed by atoms with Crippen LogP contribution in [-0.4, -0.2) is 85.6 Å². The van der Waals surface area contributed by atoms with Crippen molar-refractivity contribution in [3.8, 4) is 11.1 Å². The molecule has 2 aliphatic rings. The molecule has 0 spiro atoms. The number of nitrogens with two attached hydrogens (primary N) is 2. The Hall–Kier alpha value is -7.20. The Morgan fingerprint density at radius 1 is 0.613 bits per heavy atom. The Kier molecular flexibility index (Phi) is 25.9. The highest BCUT2D eigenvalue weighted by molar-refractivity contribution is 6.01. The summed E-state index contributed by atoms with van der Waals surface area (Å²) in [5.41, 5.74) is 15.5. The van der Waals surface area contributed by atoms with Gasteiger partial charge in [-0.3, -0.25) is 24.0 Å². The van der Waals surface area contributed by atoms with Crippen molar-refractivity contribution in [1.29, 1.82) is 0 Å². The number of esters is 1. The summed E-state index contributed by atoms with van der Waals surface area (Å²) in [5.74, 6) is 5.94. The van der Waals surface area contributed by atoms with Crippen LogP contribution in [0.2, 0.25) is 0 Å². The number of carbonyl (C=O) groups excluding carboxylic acids is 6. The third-order valence-corrected chi connectivity index (χ3v) is 15.1. The lowest BCUT2D eigenvalue weighted by molar-refractivity contribution is -0.145. The highest BCUT2D eigenvalue weighted by atomic mass is 16.5. The first kappa shape index (κ1) is 62.0. The van der Waals surface area contributed by atoms with Gasteiger partial charge in [-0.25, -0.2) is 10.6 Å². The zero-order chi connectivity index (χ0) is 57.1. The molecule has 6 rings (SSSR count). The van der Waals surface area contributed by atoms with Gasteiger partial charge in [-0.2, -0.15) is 0 Å². The number of hydrogen-bond donors (Lipinski definition) is 6. The largest absolute Gasteiger partial charge is 0.466 e. The van der Waals surface area contributed by atoms with Crippen LogP contribution in [0, 0.1) is 0 Å². The van der Waals surface area contributed by atoms with Gasteiger partial charge in [-0.1, -0.05) is 144 Å². The van der Waals surface area contributed by atoms with E-state index in [0.717, 1.165) is 91.2 Å². The molecule has 4 aromatic rings. The third-order valence-electron chi connectivity index (χ3n) is 15.1. The van der Waals surface area contributed by atoms with Gasteiger partial charge >= 0.3 is 12.1 Å². The van der Waals surface area contributed by atoms with Crippen molar-refractivity contribution in [2.24, 2.45) is 11.6 Å². The Morgan fingerprint density at radius 3 is 1.98 bits per heavy atom. The van der Waals surface area contributed by atoms with Crippen LogP contribution in [-0.2, 0) is 40.0 Å². The molecule has 2 unspecified atom stereocenters. The van der Waals surface area contributed by atoms with E-state index in [0.29, 0.717) is 100 Å². The molecule has 432 valence electrons. The van der Waals surface area contributed by atoms with E-state index in [2.05, 4.69) is 59.4 Å². The maximum absolute atomic E-state index is 14.2. The van der Waals surface area contributed by atoms with Gasteiger partial charge in [-0.05, 0) is 105 Å². The summed E-state index contributed by atoms with van der Waals surface area (Å²) in [7, 11) is 0. The van der Waals surface area contributed by atoms with Gasteiger partial charge in [-0.15, -0.1) is 0 Å². The lowest BCUT2D eigenvalue weighted by Crippen LogP contribution is -2.47. The highest BCUT2D eigenvalue weighted by Gasteiger charge is 2.31. The molecule has 1 heterocycles. The van der Waals surface area contributed by atoms with Crippen molar-refractivity contribution in [2.75, 3.05) is 37.7 Å². The number of para-hydroxylation sites is 1. The number of nitrogens with one attached hydrogen (secondary N) is 4. The Labute approximate surface area is 474 Å². The first-order valence-corrected chi connectivity index (χ1v) is 29.5. The van der Waals surface area contributed by atoms with E-state index in [-0.39, 0.29) is 74.0 Å². The van der Waals surface area contributed by atoms with E-state index in [9.17, 15) is 28.8 Å². The second-order valence-electron chi connectivity index (χ2n) is 21.1. The minimum absolute atomic E-state index is 0.00853. The van der Waals surface area contributed by atoms with E-state index in [1.807, 2.05) is 79.7 Å². The van der Waals surface area contributed by atoms with Gasteiger partial charge in [0.1, 0.15) is 12.6 Å². The average Bonchev–Trinajstić information content (AvgIpc) is 3.91. The molecule has 0 saturated carbocycles. The van der Waals surface area contributed by atoms with Crippen LogP contribution in [0.4, 0.5) is 10.5 Å². The van der Waals surface area contributed by atoms with Gasteiger partial charge in [0.05, 0.1) is 36.7 Å². The van der Waals surface area contributed by atoms with Crippen LogP contribution >= 0.6 is 0 Å². The molecule has 16 heteroatoms. The Morgan fingerprint density at radius 2 is 1.25 bits per heavy atom. The Balaban J connectivity index is 1.04. The van der Waals surface area contributed by atoms with Crippen LogP contribution in [0.1, 0.15) is 183 Å². The van der Waals surface area contributed by atoms with Crippen molar-refractivity contribution in [2.45, 2.75) is 174 Å². The minimum Gasteiger partial charge on any atom is -0.466 e. The average molecular weight is 1100 g/mol. The first-order chi connectivity index (χ1) is 38.9. The molecule has 16 nitrogen and oxygen atoms in total. The molecule has 80 heavy (non-hydrogen) atoms. The fraction of sp³-hybridized carbons (Fsp3) is 0.500. The number of alkyl carbamates (subject to hydrolysis) is 1. The quantitative estimate of drug-likeness (QED) is 0.0112. The number of unbranched alkanes of at least 4 members (excludes halogenated alkanes) is 8. The first-order valence-electron chi connectivity index (χ1n) is 29.5. The van der Waals surface area contributed by atoms with E-state index in [1.165, 1.54) is 0 Å². The van der Waals surface area contributed by atoms with E-state index in [1.54, 1.807) is 9.91 Å². The fourth-order valence-electron chi connectivity index (χ4n) is 10.6. The van der Waals surface area contributed by atoms with Crippen molar-refractivity contribution in [3.05, 3.63) is 125 Å². The van der Waals surface area contributed by atoms with Crippen molar-refractivity contribution in [1.82, 2.24) is 26.3 Å². The standard InChI is InChI=1S/C64H88N8O8/c1-4-7-22-40-67-57(73)36-19-20-37-59(75)71-44-46-26-11-12-28-48(46)61(65)62(53-33-17-18-35-56(53)71)72(66)42-24-21-34-55(70-64(78)80-45-54-51-31-15-13-29-49(51)50-30-14-16-32-52(50)54)63(77)68-41-23-9-10-25-43-79-60(76)39-38-58(74)69-47(6-3)27-8-5-2/h11-18,26,28-33,35,47,54-55H,4-10,19-25,27,34,36-45,65-66H2,1-3H3,(H,67,73)(H,68,77)(H,69,74)(H,70,78)/b62-61-. The lowest BCUT2D eigenvalue weighted by atomic mass is 9.95. The van der Waals surface area contributed by atoms with Crippen molar-refractivity contribution < 1.29 is 38.2 Å². The molecular weight excluding hydrogens is 1010 g/mol. The molecule has 0 aromatic heterocycles. The number of nitrogens with zero attached hydrogens (tertiary/aromatic N) is 2. The third kappa shape index (κ3) is 18.7. The summed E-state index contributed by atoms with van der Waals surface area (Å²) >= 11 is 0. The fourth-order valence-corrected chi connectivity index (χ4v) is 10.6. The van der Waals surface area contributed by atoms with Crippen LogP contribution < -0.4 is 37.7 Å². The van der Waals surface area contributed by atoms with Gasteiger partial charge < -0.3 is 46.4 Å². The topological polar surface area (TPSA) is 228 Å². The molecule has 1 aliphatic carbocycles. The summed E-state index contributed by atoms with van der Waals surface area (Å²) in [6.45, 7) is 8.35. The van der Waals surface area contributed by atoms with Gasteiger partial charge in [0.25, 0.3) is 0 Å². The smallest absolute Gasteiger partial charge is 0.407 e.